The standard InChI is InChI=1S/C23H29N5O6/c1-3-33-21(32)17-16-20(31)27(11-6-12-29)18(23(16)10-9-22(17,2)34-23)19(30)24-13-28-15-8-5-4-7-14(15)25-26-28/h4-5,7-8,16-18,29H,3,6,9-13H2,1-2H3,(H,24,30)/t16-,17-,18?,22+,23?/m0/s1. The molecule has 5 atom stereocenters. The van der Waals surface area contributed by atoms with Gasteiger partial charge in [-0.05, 0) is 45.2 Å². The first-order valence-electron chi connectivity index (χ1n) is 11.7. The molecule has 0 aliphatic carbocycles. The van der Waals surface area contributed by atoms with E-state index in [1.807, 2.05) is 31.2 Å². The van der Waals surface area contributed by atoms with Crippen LogP contribution in [0.1, 0.15) is 33.1 Å². The van der Waals surface area contributed by atoms with E-state index in [2.05, 4.69) is 15.6 Å². The molecular formula is C23H29N5O6. The van der Waals surface area contributed by atoms with Gasteiger partial charge in [0.05, 0.1) is 23.6 Å². The Morgan fingerprint density at radius 1 is 1.32 bits per heavy atom. The van der Waals surface area contributed by atoms with E-state index >= 15 is 0 Å². The van der Waals surface area contributed by atoms with Crippen LogP contribution in [0.15, 0.2) is 24.3 Å². The zero-order valence-corrected chi connectivity index (χ0v) is 19.3. The number of esters is 1. The van der Waals surface area contributed by atoms with Gasteiger partial charge in [-0.25, -0.2) is 4.68 Å². The number of fused-ring (bicyclic) bond motifs is 2. The van der Waals surface area contributed by atoms with Crippen molar-refractivity contribution >= 4 is 28.8 Å². The summed E-state index contributed by atoms with van der Waals surface area (Å²) in [4.78, 5) is 41.6. The molecule has 3 fully saturated rings. The Morgan fingerprint density at radius 2 is 2.12 bits per heavy atom. The van der Waals surface area contributed by atoms with E-state index in [4.69, 9.17) is 9.47 Å². The third kappa shape index (κ3) is 3.21. The average molecular weight is 472 g/mol. The van der Waals surface area contributed by atoms with Crippen LogP contribution in [-0.2, 0) is 30.5 Å². The lowest BCUT2D eigenvalue weighted by Gasteiger charge is -2.33. The summed E-state index contributed by atoms with van der Waals surface area (Å²) in [7, 11) is 0. The zero-order chi connectivity index (χ0) is 24.1. The molecular weight excluding hydrogens is 442 g/mol. The molecule has 2 unspecified atom stereocenters. The van der Waals surface area contributed by atoms with Gasteiger partial charge in [0, 0.05) is 13.2 Å². The van der Waals surface area contributed by atoms with E-state index in [9.17, 15) is 19.5 Å². The van der Waals surface area contributed by atoms with Crippen LogP contribution >= 0.6 is 0 Å². The lowest BCUT2D eigenvalue weighted by Crippen LogP contribution is -2.55. The fraction of sp³-hybridized carbons (Fsp3) is 0.609. The molecule has 1 aromatic carbocycles. The van der Waals surface area contributed by atoms with Crippen molar-refractivity contribution in [2.75, 3.05) is 19.8 Å². The molecule has 11 nitrogen and oxygen atoms in total. The van der Waals surface area contributed by atoms with Crippen LogP contribution in [0, 0.1) is 11.8 Å². The maximum Gasteiger partial charge on any atom is 0.312 e. The number of aromatic nitrogens is 3. The zero-order valence-electron chi connectivity index (χ0n) is 19.3. The number of hydrogen-bond acceptors (Lipinski definition) is 8. The topological polar surface area (TPSA) is 136 Å². The molecule has 3 aliphatic heterocycles. The minimum absolute atomic E-state index is 0.0667. The molecule has 4 heterocycles. The number of benzene rings is 1. The van der Waals surface area contributed by atoms with E-state index in [1.54, 1.807) is 11.6 Å². The van der Waals surface area contributed by atoms with Crippen LogP contribution in [0.25, 0.3) is 11.0 Å². The van der Waals surface area contributed by atoms with Crippen molar-refractivity contribution in [3.63, 3.8) is 0 Å². The third-order valence-corrected chi connectivity index (χ3v) is 7.45. The predicted molar refractivity (Wildman–Crippen MR) is 118 cm³/mol. The van der Waals surface area contributed by atoms with Crippen molar-refractivity contribution in [3.8, 4) is 0 Å². The van der Waals surface area contributed by atoms with Crippen molar-refractivity contribution in [1.29, 1.82) is 0 Å². The molecule has 2 aromatic rings. The van der Waals surface area contributed by atoms with Gasteiger partial charge in [0.1, 0.15) is 29.7 Å². The van der Waals surface area contributed by atoms with Gasteiger partial charge in [0.15, 0.2) is 0 Å². The van der Waals surface area contributed by atoms with Gasteiger partial charge >= 0.3 is 5.97 Å². The summed E-state index contributed by atoms with van der Waals surface area (Å²) in [6.07, 6.45) is 1.34. The summed E-state index contributed by atoms with van der Waals surface area (Å²) in [5.74, 6) is -2.74. The Hall–Kier alpha value is -3.05. The molecule has 2 bridgehead atoms. The SMILES string of the molecule is CCOC(=O)[C@@H]1[C@H]2C(=O)N(CCCO)C(C(=O)NCn3nnc4ccccc43)C23CC[C@@]1(C)O3. The highest BCUT2D eigenvalue weighted by Crippen LogP contribution is 2.63. The lowest BCUT2D eigenvalue weighted by molar-refractivity contribution is -0.159. The normalized spacial score (nSPS) is 31.8. The van der Waals surface area contributed by atoms with Crippen molar-refractivity contribution in [2.24, 2.45) is 11.8 Å². The Labute approximate surface area is 196 Å². The second kappa shape index (κ2) is 8.31. The maximum atomic E-state index is 13.6. The van der Waals surface area contributed by atoms with Gasteiger partial charge in [-0.1, -0.05) is 17.3 Å². The molecule has 11 heteroatoms. The lowest BCUT2D eigenvalue weighted by atomic mass is 9.66. The van der Waals surface area contributed by atoms with Crippen LogP contribution in [0.5, 0.6) is 0 Å². The van der Waals surface area contributed by atoms with Gasteiger partial charge in [-0.3, -0.25) is 14.4 Å². The summed E-state index contributed by atoms with van der Waals surface area (Å²) in [5, 5.41) is 20.5. The number of nitrogens with one attached hydrogen (secondary N) is 1. The first-order valence-corrected chi connectivity index (χ1v) is 11.7. The largest absolute Gasteiger partial charge is 0.466 e. The van der Waals surface area contributed by atoms with Crippen LogP contribution < -0.4 is 5.32 Å². The number of ether oxygens (including phenoxy) is 2. The average Bonchev–Trinajstić information content (AvgIpc) is 3.52. The fourth-order valence-corrected chi connectivity index (χ4v) is 6.08. The smallest absolute Gasteiger partial charge is 0.312 e. The molecule has 5 rings (SSSR count). The molecule has 1 spiro atoms. The van der Waals surface area contributed by atoms with Crippen LogP contribution in [-0.4, -0.2) is 79.8 Å². The van der Waals surface area contributed by atoms with Crippen molar-refractivity contribution < 1.29 is 29.0 Å². The molecule has 3 saturated heterocycles. The highest BCUT2D eigenvalue weighted by Gasteiger charge is 2.78. The number of hydrogen-bond donors (Lipinski definition) is 2. The maximum absolute atomic E-state index is 13.6. The van der Waals surface area contributed by atoms with Crippen molar-refractivity contribution in [3.05, 3.63) is 24.3 Å². The summed E-state index contributed by atoms with van der Waals surface area (Å²) >= 11 is 0. The van der Waals surface area contributed by atoms with E-state index in [-0.39, 0.29) is 38.2 Å². The fourth-order valence-electron chi connectivity index (χ4n) is 6.08. The van der Waals surface area contributed by atoms with Gasteiger partial charge < -0.3 is 24.8 Å². The first-order chi connectivity index (χ1) is 16.4. The van der Waals surface area contributed by atoms with E-state index in [0.29, 0.717) is 24.8 Å². The van der Waals surface area contributed by atoms with Crippen molar-refractivity contribution in [2.45, 2.75) is 57.0 Å². The second-order valence-corrected chi connectivity index (χ2v) is 9.37. The molecule has 0 saturated carbocycles. The summed E-state index contributed by atoms with van der Waals surface area (Å²) < 4.78 is 13.3. The summed E-state index contributed by atoms with van der Waals surface area (Å²) in [6.45, 7) is 3.87. The summed E-state index contributed by atoms with van der Waals surface area (Å²) in [6, 6.07) is 6.48. The number of rotatable bonds is 8. The molecule has 1 aromatic heterocycles. The second-order valence-electron chi connectivity index (χ2n) is 9.37. The Kier molecular flexibility index (Phi) is 5.56. The molecule has 3 aliphatic rings. The number of carbonyl (C=O) groups is 3. The molecule has 34 heavy (non-hydrogen) atoms. The van der Waals surface area contributed by atoms with Crippen molar-refractivity contribution in [1.82, 2.24) is 25.2 Å². The van der Waals surface area contributed by atoms with Crippen LogP contribution in [0.3, 0.4) is 0 Å². The Bertz CT molecular complexity index is 1140. The van der Waals surface area contributed by atoms with Gasteiger partial charge in [-0.2, -0.15) is 0 Å². The van der Waals surface area contributed by atoms with Crippen LogP contribution in [0.2, 0.25) is 0 Å². The van der Waals surface area contributed by atoms with E-state index in [0.717, 1.165) is 5.52 Å². The monoisotopic (exact) mass is 471 g/mol. The molecule has 2 N–H and O–H groups in total. The predicted octanol–water partition coefficient (Wildman–Crippen LogP) is 0.215. The van der Waals surface area contributed by atoms with Gasteiger partial charge in [0.2, 0.25) is 11.8 Å². The number of aliphatic hydroxyl groups excluding tert-OH is 1. The number of nitrogens with zero attached hydrogens (tertiary/aromatic N) is 4. The minimum Gasteiger partial charge on any atom is -0.466 e. The Balaban J connectivity index is 1.45. The number of carbonyl (C=O) groups excluding carboxylic acids is 3. The van der Waals surface area contributed by atoms with Gasteiger partial charge in [-0.15, -0.1) is 5.10 Å². The number of amides is 2. The van der Waals surface area contributed by atoms with E-state index < -0.39 is 35.0 Å². The first kappa shape index (κ1) is 22.7. The third-order valence-electron chi connectivity index (χ3n) is 7.45. The van der Waals surface area contributed by atoms with Crippen LogP contribution in [0.4, 0.5) is 0 Å². The highest BCUT2D eigenvalue weighted by atomic mass is 16.6. The Morgan fingerprint density at radius 3 is 2.88 bits per heavy atom. The highest BCUT2D eigenvalue weighted by molar-refractivity contribution is 5.98. The minimum atomic E-state index is -1.12. The quantitative estimate of drug-likeness (QED) is 0.522. The molecule has 0 radical (unpaired) electrons. The number of aliphatic hydroxyl groups is 1. The summed E-state index contributed by atoms with van der Waals surface area (Å²) in [5.41, 5.74) is -0.505. The number of para-hydroxylation sites is 1. The van der Waals surface area contributed by atoms with Gasteiger partial charge in [0.25, 0.3) is 0 Å². The molecule has 2 amide bonds. The molecule has 182 valence electrons. The number of likely N-dealkylation sites (tertiary alicyclic amines) is 1. The van der Waals surface area contributed by atoms with E-state index in [1.165, 1.54) is 4.90 Å².